The number of hydrogen-bond donors (Lipinski definition) is 1. The van der Waals surface area contributed by atoms with Gasteiger partial charge in [0, 0.05) is 12.8 Å². The quantitative estimate of drug-likeness (QED) is 0.316. The summed E-state index contributed by atoms with van der Waals surface area (Å²) in [7, 11) is -3.52. The molecule has 0 aromatic rings. The number of quaternary nitrogens is 1. The van der Waals surface area contributed by atoms with Crippen LogP contribution in [0.15, 0.2) is 0 Å². The maximum Gasteiger partial charge on any atom is 0.445 e. The van der Waals surface area contributed by atoms with Crippen molar-refractivity contribution >= 4 is 68.7 Å². The molecule has 0 aromatic carbocycles. The van der Waals surface area contributed by atoms with Gasteiger partial charge in [-0.25, -0.2) is 4.55 Å². The van der Waals surface area contributed by atoms with E-state index < -0.39 is 27.6 Å². The summed E-state index contributed by atoms with van der Waals surface area (Å²) in [6.45, 7) is 0. The Labute approximate surface area is 149 Å². The zero-order chi connectivity index (χ0) is 16.5. The topological polar surface area (TPSA) is 78.2 Å². The molecule has 1 aliphatic carbocycles. The highest BCUT2D eigenvalue weighted by atomic mass is 35.5. The fourth-order valence-electron chi connectivity index (χ4n) is 2.37. The molecule has 0 heterocycles. The van der Waals surface area contributed by atoms with Crippen LogP contribution < -0.4 is 0 Å². The average Bonchev–Trinajstić information content (AvgIpc) is 2.37. The molecule has 0 bridgehead atoms. The van der Waals surface area contributed by atoms with Crippen molar-refractivity contribution in [3.63, 3.8) is 0 Å². The molecule has 0 aromatic heterocycles. The number of hydrogen-bond acceptors (Lipinski definition) is 4. The third-order valence-electron chi connectivity index (χ3n) is 3.66. The van der Waals surface area contributed by atoms with Crippen LogP contribution in [0, 0.1) is 11.3 Å². The summed E-state index contributed by atoms with van der Waals surface area (Å²) in [6.07, 6.45) is 2.82. The molecule has 1 saturated carbocycles. The molecule has 1 atom stereocenters. The van der Waals surface area contributed by atoms with E-state index in [1.54, 1.807) is 0 Å². The number of rotatable bonds is 5. The van der Waals surface area contributed by atoms with Crippen LogP contribution in [0.2, 0.25) is 0 Å². The molecule has 1 unspecified atom stereocenters. The lowest BCUT2D eigenvalue weighted by atomic mass is 9.83. The first kappa shape index (κ1) is 19.9. The summed E-state index contributed by atoms with van der Waals surface area (Å²) in [5.41, 5.74) is -1.37. The van der Waals surface area contributed by atoms with Crippen molar-refractivity contribution in [1.29, 1.82) is 5.26 Å². The maximum absolute atomic E-state index is 12.0. The fraction of sp³-hybridized carbons (Fsp3) is 0.900. The number of alkyl halides is 4. The monoisotopic (exact) mass is 415 g/mol. The summed E-state index contributed by atoms with van der Waals surface area (Å²) in [6, 6.07) is 2.03. The molecule has 0 aliphatic heterocycles. The molecule has 11 heteroatoms. The minimum atomic E-state index is -4.71. The Hall–Kier alpha value is 0.870. The molecule has 1 fully saturated rings. The average molecular weight is 417 g/mol. The number of nitriles is 1. The molecule has 1 aliphatic rings. The third-order valence-corrected chi connectivity index (χ3v) is 9.06. The predicted octanol–water partition coefficient (Wildman–Crippen LogP) is 4.05. The van der Waals surface area contributed by atoms with Gasteiger partial charge in [-0.1, -0.05) is 29.6 Å². The highest BCUT2D eigenvalue weighted by Gasteiger charge is 2.62. The zero-order valence-corrected chi connectivity index (χ0v) is 15.8. The van der Waals surface area contributed by atoms with Gasteiger partial charge in [0.05, 0.1) is 7.05 Å². The van der Waals surface area contributed by atoms with Gasteiger partial charge >= 0.3 is 10.3 Å². The summed E-state index contributed by atoms with van der Waals surface area (Å²) >= 11 is 23.7. The summed E-state index contributed by atoms with van der Waals surface area (Å²) in [5, 5.41) is 9.57. The van der Waals surface area contributed by atoms with Crippen LogP contribution in [0.4, 0.5) is 0 Å². The van der Waals surface area contributed by atoms with Gasteiger partial charge in [0.25, 0.3) is 0 Å². The van der Waals surface area contributed by atoms with Crippen molar-refractivity contribution in [1.82, 2.24) is 0 Å². The largest absolute Gasteiger partial charge is 0.445 e. The highest BCUT2D eigenvalue weighted by Crippen LogP contribution is 2.54. The van der Waals surface area contributed by atoms with Crippen LogP contribution in [0.25, 0.3) is 0 Å². The van der Waals surface area contributed by atoms with E-state index in [9.17, 15) is 18.2 Å². The van der Waals surface area contributed by atoms with Crippen molar-refractivity contribution in [3.8, 4) is 6.07 Å². The molecular weight excluding hydrogens is 402 g/mol. The van der Waals surface area contributed by atoms with Crippen molar-refractivity contribution in [2.45, 2.75) is 46.1 Å². The number of nitrogens with zero attached hydrogens (tertiary/aromatic N) is 2. The molecular formula is C10H15Cl4N2O3S2+. The minimum Gasteiger partial charge on any atom is -0.241 e. The summed E-state index contributed by atoms with van der Waals surface area (Å²) < 4.78 is 30.6. The van der Waals surface area contributed by atoms with Crippen LogP contribution in [0.1, 0.15) is 32.1 Å². The second-order valence-electron chi connectivity index (χ2n) is 4.95. The second-order valence-corrected chi connectivity index (χ2v) is 11.3. The van der Waals surface area contributed by atoms with Crippen LogP contribution >= 0.6 is 58.4 Å². The SMILES string of the molecule is C[N+](SC(Cl)(Cl)C(Cl)Cl)(C1(C#N)CCCCC1)S(=O)(=O)O. The molecule has 5 nitrogen and oxygen atoms in total. The summed E-state index contributed by atoms with van der Waals surface area (Å²) in [5.74, 6) is 0. The molecule has 0 spiro atoms. The molecule has 1 rings (SSSR count). The maximum atomic E-state index is 12.0. The molecule has 0 radical (unpaired) electrons. The minimum absolute atomic E-state index is 0.298. The summed E-state index contributed by atoms with van der Waals surface area (Å²) in [4.78, 5) is -1.32. The van der Waals surface area contributed by atoms with Crippen molar-refractivity contribution in [2.75, 3.05) is 7.05 Å². The van der Waals surface area contributed by atoms with Crippen LogP contribution in [0.5, 0.6) is 0 Å². The van der Waals surface area contributed by atoms with Gasteiger partial charge in [0.2, 0.25) is 9.20 Å². The smallest absolute Gasteiger partial charge is 0.241 e. The first-order valence-electron chi connectivity index (χ1n) is 6.04. The predicted molar refractivity (Wildman–Crippen MR) is 86.7 cm³/mol. The second kappa shape index (κ2) is 6.78. The Morgan fingerprint density at radius 2 is 1.81 bits per heavy atom. The molecule has 0 amide bonds. The lowest BCUT2D eigenvalue weighted by molar-refractivity contribution is -0.702. The molecule has 122 valence electrons. The Bertz CT molecular complexity index is 529. The van der Waals surface area contributed by atoms with Crippen LogP contribution in [0.3, 0.4) is 0 Å². The van der Waals surface area contributed by atoms with E-state index in [-0.39, 0.29) is 0 Å². The zero-order valence-electron chi connectivity index (χ0n) is 11.1. The third kappa shape index (κ3) is 3.86. The van der Waals surface area contributed by atoms with Gasteiger partial charge < -0.3 is 0 Å². The molecule has 21 heavy (non-hydrogen) atoms. The van der Waals surface area contributed by atoms with E-state index in [1.165, 1.54) is 7.05 Å². The van der Waals surface area contributed by atoms with Gasteiger partial charge in [-0.05, 0) is 12.8 Å². The Morgan fingerprint density at radius 3 is 2.14 bits per heavy atom. The lowest BCUT2D eigenvalue weighted by Crippen LogP contribution is -2.62. The van der Waals surface area contributed by atoms with E-state index in [4.69, 9.17) is 46.4 Å². The Balaban J connectivity index is 3.38. The van der Waals surface area contributed by atoms with Crippen molar-refractivity contribution in [2.24, 2.45) is 0 Å². The standard InChI is InChI=1S/C10H14Cl4N2O3S2/c1-16(21(17,18)19,20-10(13,14)8(11)12)9(7-15)5-3-2-4-6-9/h8H,2-6H2,1H3/p+1. The lowest BCUT2D eigenvalue weighted by Gasteiger charge is -2.44. The van der Waals surface area contributed by atoms with Crippen molar-refractivity contribution < 1.29 is 16.3 Å². The van der Waals surface area contributed by atoms with Crippen LogP contribution in [-0.4, -0.2) is 37.4 Å². The first-order valence-corrected chi connectivity index (χ1v) is 9.84. The molecule has 1 N–H and O–H groups in total. The number of halogens is 4. The van der Waals surface area contributed by atoms with E-state index in [0.717, 1.165) is 6.42 Å². The Kier molecular flexibility index (Phi) is 6.43. The van der Waals surface area contributed by atoms with Gasteiger partial charge in [-0.3, -0.25) is 0 Å². The van der Waals surface area contributed by atoms with Crippen molar-refractivity contribution in [3.05, 3.63) is 0 Å². The van der Waals surface area contributed by atoms with E-state index in [1.807, 2.05) is 6.07 Å². The van der Waals surface area contributed by atoms with E-state index >= 15 is 0 Å². The van der Waals surface area contributed by atoms with E-state index in [2.05, 4.69) is 0 Å². The fourth-order valence-corrected chi connectivity index (χ4v) is 6.02. The van der Waals surface area contributed by atoms with Gasteiger partial charge in [-0.15, -0.1) is 34.9 Å². The van der Waals surface area contributed by atoms with Crippen LogP contribution in [-0.2, 0) is 10.3 Å². The van der Waals surface area contributed by atoms with Gasteiger partial charge in [-0.2, -0.15) is 5.26 Å². The van der Waals surface area contributed by atoms with E-state index in [0.29, 0.717) is 37.6 Å². The van der Waals surface area contributed by atoms with Gasteiger partial charge in [0.15, 0.2) is 4.84 Å². The molecule has 0 saturated heterocycles. The Morgan fingerprint density at radius 1 is 1.33 bits per heavy atom. The van der Waals surface area contributed by atoms with Gasteiger partial charge in [0.1, 0.15) is 18.0 Å². The first-order chi connectivity index (χ1) is 9.42. The highest BCUT2D eigenvalue weighted by molar-refractivity contribution is 8.04. The normalized spacial score (nSPS) is 22.6.